The zero-order chi connectivity index (χ0) is 45.4. The molecule has 10 heteroatoms. The maximum absolute atomic E-state index is 14.9. The standard InChI is InChI=1S/C27H25BrFNOSi.C27H26FNO2Si/c1-27(2,3)19-14-15-23(26-24(29)17-20(28)18-30-26)25(16-19)31-32(21-10-6-4-7-11-21)22-12-8-5-9-13-22;1-27(2,3)19-14-15-23(26-24(28)17-20(30)18-29-26)25(16-19)31-32(21-10-6-4-7-11-21)22-12-8-5-9-13-22/h4-18,32H,1-3H3;4-18,30,32H,1-3H3. The van der Waals surface area contributed by atoms with E-state index in [2.05, 4.69) is 116 Å². The van der Waals surface area contributed by atoms with Gasteiger partial charge < -0.3 is 14.0 Å². The smallest absolute Gasteiger partial charge is 0.299 e. The summed E-state index contributed by atoms with van der Waals surface area (Å²) in [6, 6.07) is 55.3. The molecule has 8 rings (SSSR count). The Kier molecular flexibility index (Phi) is 14.4. The molecular formula is C54H51BrF2N2O3Si2. The SMILES string of the molecule is CC(C)(C)c1ccc(-c2ncc(Br)cc2F)c(O[SiH](c2ccccc2)c2ccccc2)c1.CC(C)(C)c1ccc(-c2ncc(O)cc2F)c(O[SiH](c2ccccc2)c2ccccc2)c1. The topological polar surface area (TPSA) is 64.5 Å². The van der Waals surface area contributed by atoms with E-state index in [1.807, 2.05) is 109 Å². The maximum Gasteiger partial charge on any atom is 0.299 e. The predicted octanol–water partition coefficient (Wildman–Crippen LogP) is 10.7. The van der Waals surface area contributed by atoms with Gasteiger partial charge in [-0.25, -0.2) is 13.8 Å². The summed E-state index contributed by atoms with van der Waals surface area (Å²) < 4.78 is 43.8. The number of nitrogens with zero attached hydrogens (tertiary/aromatic N) is 2. The predicted molar refractivity (Wildman–Crippen MR) is 266 cm³/mol. The molecule has 2 heterocycles. The summed E-state index contributed by atoms with van der Waals surface area (Å²) in [6.07, 6.45) is 2.87. The van der Waals surface area contributed by atoms with Crippen molar-refractivity contribution in [3.8, 4) is 39.8 Å². The molecule has 0 aliphatic carbocycles. The number of halogens is 3. The van der Waals surface area contributed by atoms with Crippen LogP contribution in [-0.2, 0) is 10.8 Å². The Morgan fingerprint density at radius 3 is 1.14 bits per heavy atom. The van der Waals surface area contributed by atoms with E-state index >= 15 is 0 Å². The van der Waals surface area contributed by atoms with Crippen LogP contribution >= 0.6 is 15.9 Å². The van der Waals surface area contributed by atoms with Crippen molar-refractivity contribution in [2.75, 3.05) is 0 Å². The number of aromatic nitrogens is 2. The van der Waals surface area contributed by atoms with Crippen LogP contribution in [0.2, 0.25) is 0 Å². The van der Waals surface area contributed by atoms with Crippen LogP contribution in [0.4, 0.5) is 8.78 Å². The lowest BCUT2D eigenvalue weighted by Crippen LogP contribution is -2.47. The van der Waals surface area contributed by atoms with Crippen LogP contribution in [0.15, 0.2) is 187 Å². The van der Waals surface area contributed by atoms with Gasteiger partial charge >= 0.3 is 0 Å². The molecule has 0 saturated heterocycles. The highest BCUT2D eigenvalue weighted by molar-refractivity contribution is 9.10. The Morgan fingerprint density at radius 2 is 0.812 bits per heavy atom. The van der Waals surface area contributed by atoms with Crippen molar-refractivity contribution in [2.24, 2.45) is 0 Å². The fourth-order valence-electron chi connectivity index (χ4n) is 7.23. The van der Waals surface area contributed by atoms with Crippen molar-refractivity contribution in [3.63, 3.8) is 0 Å². The molecule has 324 valence electrons. The fourth-order valence-corrected chi connectivity index (χ4v) is 12.0. The molecule has 0 saturated carbocycles. The molecule has 1 N–H and O–H groups in total. The summed E-state index contributed by atoms with van der Waals surface area (Å²) in [6.45, 7) is 12.9. The van der Waals surface area contributed by atoms with Crippen LogP contribution < -0.4 is 29.6 Å². The zero-order valence-corrected chi connectivity index (χ0v) is 40.7. The summed E-state index contributed by atoms with van der Waals surface area (Å²) in [7, 11) is -4.22. The Morgan fingerprint density at radius 1 is 0.469 bits per heavy atom. The number of hydrogen-bond donors (Lipinski definition) is 1. The van der Waals surface area contributed by atoms with Crippen LogP contribution in [0.25, 0.3) is 22.5 Å². The molecular weight excluding hydrogens is 899 g/mol. The minimum absolute atomic E-state index is 0.0706. The first-order valence-corrected chi connectivity index (χ1v) is 25.2. The second kappa shape index (κ2) is 20.1. The molecule has 5 nitrogen and oxygen atoms in total. The van der Waals surface area contributed by atoms with Gasteiger partial charge in [0.2, 0.25) is 0 Å². The van der Waals surface area contributed by atoms with Crippen molar-refractivity contribution < 1.29 is 22.7 Å². The van der Waals surface area contributed by atoms with Crippen LogP contribution in [0.5, 0.6) is 17.2 Å². The zero-order valence-electron chi connectivity index (χ0n) is 36.8. The van der Waals surface area contributed by atoms with Gasteiger partial charge in [-0.05, 0) is 89.0 Å². The molecule has 6 aromatic carbocycles. The van der Waals surface area contributed by atoms with E-state index < -0.39 is 23.9 Å². The molecule has 0 fully saturated rings. The summed E-state index contributed by atoms with van der Waals surface area (Å²) in [5, 5.41) is 14.2. The van der Waals surface area contributed by atoms with Crippen LogP contribution in [-0.4, -0.2) is 33.2 Å². The molecule has 0 unspecified atom stereocenters. The third-order valence-electron chi connectivity index (χ3n) is 10.7. The van der Waals surface area contributed by atoms with E-state index in [-0.39, 0.29) is 33.8 Å². The van der Waals surface area contributed by atoms with Gasteiger partial charge in [-0.1, -0.05) is 175 Å². The molecule has 0 bridgehead atoms. The van der Waals surface area contributed by atoms with E-state index in [1.165, 1.54) is 12.3 Å². The third kappa shape index (κ3) is 11.3. The Hall–Kier alpha value is -6.21. The van der Waals surface area contributed by atoms with Gasteiger partial charge in [0, 0.05) is 27.9 Å². The van der Waals surface area contributed by atoms with E-state index in [0.717, 1.165) is 37.9 Å². The van der Waals surface area contributed by atoms with E-state index in [9.17, 15) is 13.9 Å². The monoisotopic (exact) mass is 948 g/mol. The van der Waals surface area contributed by atoms with Crippen molar-refractivity contribution in [2.45, 2.75) is 52.4 Å². The lowest BCUT2D eigenvalue weighted by atomic mass is 9.86. The second-order valence-corrected chi connectivity index (χ2v) is 23.1. The number of hydrogen-bond acceptors (Lipinski definition) is 5. The van der Waals surface area contributed by atoms with Crippen LogP contribution in [0, 0.1) is 11.6 Å². The highest BCUT2D eigenvalue weighted by Gasteiger charge is 2.26. The summed E-state index contributed by atoms with van der Waals surface area (Å²) in [5.41, 5.74) is 3.72. The van der Waals surface area contributed by atoms with Crippen molar-refractivity contribution in [3.05, 3.63) is 209 Å². The summed E-state index contributed by atoms with van der Waals surface area (Å²) >= 11 is 3.30. The average molecular weight is 950 g/mol. The average Bonchev–Trinajstić information content (AvgIpc) is 3.28. The van der Waals surface area contributed by atoms with Gasteiger partial charge in [0.1, 0.15) is 28.6 Å². The highest BCUT2D eigenvalue weighted by atomic mass is 79.9. The molecule has 2 aromatic heterocycles. The summed E-state index contributed by atoms with van der Waals surface area (Å²) in [4.78, 5) is 8.53. The first kappa shape index (κ1) is 45.8. The van der Waals surface area contributed by atoms with E-state index in [4.69, 9.17) is 8.85 Å². The van der Waals surface area contributed by atoms with Crippen LogP contribution in [0.1, 0.15) is 52.7 Å². The molecule has 0 aliphatic rings. The molecule has 8 aromatic rings. The van der Waals surface area contributed by atoms with Crippen molar-refractivity contribution >= 4 is 54.8 Å². The van der Waals surface area contributed by atoms with Crippen molar-refractivity contribution in [1.29, 1.82) is 0 Å². The largest absolute Gasteiger partial charge is 0.537 e. The molecule has 64 heavy (non-hydrogen) atoms. The van der Waals surface area contributed by atoms with Gasteiger partial charge in [-0.3, -0.25) is 4.98 Å². The highest BCUT2D eigenvalue weighted by Crippen LogP contribution is 2.37. The first-order valence-electron chi connectivity index (χ1n) is 21.1. The minimum Gasteiger partial charge on any atom is -0.537 e. The van der Waals surface area contributed by atoms with Crippen LogP contribution in [0.3, 0.4) is 0 Å². The second-order valence-electron chi connectivity index (χ2n) is 17.6. The molecule has 0 atom stereocenters. The van der Waals surface area contributed by atoms with Gasteiger partial charge in [0.15, 0.2) is 11.6 Å². The summed E-state index contributed by atoms with van der Waals surface area (Å²) in [5.74, 6) is 0.0802. The quantitative estimate of drug-likeness (QED) is 0.138. The van der Waals surface area contributed by atoms with Gasteiger partial charge in [-0.2, -0.15) is 0 Å². The number of aromatic hydroxyl groups is 1. The minimum atomic E-state index is -2.13. The van der Waals surface area contributed by atoms with E-state index in [1.54, 1.807) is 6.20 Å². The van der Waals surface area contributed by atoms with Gasteiger partial charge in [-0.15, -0.1) is 0 Å². The molecule has 0 spiro atoms. The third-order valence-corrected chi connectivity index (χ3v) is 16.1. The lowest BCUT2D eigenvalue weighted by molar-refractivity contribution is 0.465. The first-order chi connectivity index (χ1) is 30.7. The molecule has 0 radical (unpaired) electrons. The maximum atomic E-state index is 14.9. The van der Waals surface area contributed by atoms with Gasteiger partial charge in [0.25, 0.3) is 18.1 Å². The van der Waals surface area contributed by atoms with Gasteiger partial charge in [0.05, 0.1) is 6.20 Å². The molecule has 0 aliphatic heterocycles. The lowest BCUT2D eigenvalue weighted by Gasteiger charge is -2.25. The fraction of sp³-hybridized carbons (Fsp3) is 0.148. The number of benzene rings is 6. The number of rotatable bonds is 10. The Balaban J connectivity index is 0.000000191. The Bertz CT molecular complexity index is 2530. The van der Waals surface area contributed by atoms with E-state index in [0.29, 0.717) is 27.1 Å². The normalized spacial score (nSPS) is 11.5. The number of pyridine rings is 2. The van der Waals surface area contributed by atoms with Crippen molar-refractivity contribution in [1.82, 2.24) is 9.97 Å². The molecule has 0 amide bonds. The Labute approximate surface area is 387 Å².